The van der Waals surface area contributed by atoms with Crippen LogP contribution in [0.25, 0.3) is 0 Å². The smallest absolute Gasteiger partial charge is 0.309 e. The molecule has 2 bridgehead atoms. The zero-order valence-electron chi connectivity index (χ0n) is 15.5. The Hall–Kier alpha value is -1.49. The quantitative estimate of drug-likeness (QED) is 0.748. The van der Waals surface area contributed by atoms with Crippen molar-refractivity contribution in [3.8, 4) is 0 Å². The van der Waals surface area contributed by atoms with Crippen LogP contribution in [-0.2, 0) is 24.2 Å². The van der Waals surface area contributed by atoms with E-state index in [1.165, 1.54) is 21.6 Å². The average molecular weight is 415 g/mol. The maximum atomic E-state index is 12.3. The third kappa shape index (κ3) is 3.38. The van der Waals surface area contributed by atoms with Crippen molar-refractivity contribution in [1.82, 2.24) is 0 Å². The van der Waals surface area contributed by atoms with Crippen molar-refractivity contribution < 1.29 is 14.2 Å². The van der Waals surface area contributed by atoms with Gasteiger partial charge in [0.05, 0.1) is 14.0 Å². The molecular weight excluding hydrogens is 388 g/mol. The van der Waals surface area contributed by atoms with Crippen LogP contribution in [0.3, 0.4) is 0 Å². The van der Waals surface area contributed by atoms with Gasteiger partial charge in [-0.05, 0) is 23.3 Å². The number of nitrogens with one attached hydrogen (secondary N) is 1. The minimum absolute atomic E-state index is 0.299. The number of halogens is 1. The standard InChI is InChI=1S/C22H26BrN2O/c1-16(26)24-13-22-12-19-8-4-3-7-18(19)11-21(24)15-25(22,2)14-17-6-5-9-20(23)10-17/h3-10,21-22H,11-15H2,1-2H3/q+1/p+1. The molecule has 0 radical (unpaired) electrons. The molecule has 3 aliphatic rings. The summed E-state index contributed by atoms with van der Waals surface area (Å²) >= 11 is 3.61. The highest BCUT2D eigenvalue weighted by Gasteiger charge is 2.49. The van der Waals surface area contributed by atoms with Crippen molar-refractivity contribution in [3.05, 3.63) is 69.7 Å². The number of likely N-dealkylation sites (N-methyl/N-ethyl adjacent to an activating group) is 1. The first-order chi connectivity index (χ1) is 12.4. The largest absolute Gasteiger partial charge is 0.310 e. The van der Waals surface area contributed by atoms with E-state index in [2.05, 4.69) is 71.5 Å². The molecule has 3 nitrogen and oxygen atoms in total. The van der Waals surface area contributed by atoms with E-state index in [1.807, 2.05) is 0 Å². The van der Waals surface area contributed by atoms with Gasteiger partial charge in [0.2, 0.25) is 0 Å². The van der Waals surface area contributed by atoms with Crippen molar-refractivity contribution in [2.45, 2.75) is 38.4 Å². The highest BCUT2D eigenvalue weighted by atomic mass is 79.9. The summed E-state index contributed by atoms with van der Waals surface area (Å²) in [7, 11) is 2.39. The fourth-order valence-electron chi connectivity index (χ4n) is 5.04. The van der Waals surface area contributed by atoms with Crippen molar-refractivity contribution in [2.24, 2.45) is 0 Å². The van der Waals surface area contributed by atoms with Crippen LogP contribution in [0.4, 0.5) is 0 Å². The Morgan fingerprint density at radius 2 is 1.88 bits per heavy atom. The lowest BCUT2D eigenvalue weighted by atomic mass is 9.86. The Morgan fingerprint density at radius 1 is 1.15 bits per heavy atom. The first kappa shape index (κ1) is 17.9. The van der Waals surface area contributed by atoms with E-state index in [1.54, 1.807) is 6.92 Å². The maximum absolute atomic E-state index is 12.3. The molecule has 4 heteroatoms. The van der Waals surface area contributed by atoms with E-state index in [0.29, 0.717) is 18.0 Å². The number of hydrogen-bond donors (Lipinski definition) is 1. The highest BCUT2D eigenvalue weighted by molar-refractivity contribution is 9.10. The number of rotatable bonds is 2. The SMILES string of the molecule is CC(=O)[NH+]1CC2Cc3ccccc3CC1C[N+]2(C)Cc1cccc(Br)c1. The average Bonchev–Trinajstić information content (AvgIpc) is 2.56. The molecular formula is C22H27BrN2O+2. The molecule has 3 aliphatic heterocycles. The van der Waals surface area contributed by atoms with Crippen LogP contribution >= 0.6 is 15.9 Å². The second kappa shape index (κ2) is 6.91. The Balaban J connectivity index is 1.71. The second-order valence-electron chi connectivity index (χ2n) is 8.26. The minimum atomic E-state index is 0.299. The van der Waals surface area contributed by atoms with E-state index < -0.39 is 0 Å². The Morgan fingerprint density at radius 3 is 2.58 bits per heavy atom. The highest BCUT2D eigenvalue weighted by Crippen LogP contribution is 2.28. The number of piperazine rings is 1. The van der Waals surface area contributed by atoms with Gasteiger partial charge in [0.25, 0.3) is 0 Å². The van der Waals surface area contributed by atoms with Crippen LogP contribution in [0.2, 0.25) is 0 Å². The summed E-state index contributed by atoms with van der Waals surface area (Å²) in [5.74, 6) is 0.299. The van der Waals surface area contributed by atoms with Gasteiger partial charge in [-0.1, -0.05) is 52.3 Å². The lowest BCUT2D eigenvalue weighted by Gasteiger charge is -2.50. The molecule has 1 fully saturated rings. The number of hydrogen-bond acceptors (Lipinski definition) is 1. The summed E-state index contributed by atoms with van der Waals surface area (Å²) in [5, 5.41) is 0. The zero-order chi connectivity index (χ0) is 18.3. The predicted octanol–water partition coefficient (Wildman–Crippen LogP) is 2.38. The second-order valence-corrected chi connectivity index (χ2v) is 9.18. The van der Waals surface area contributed by atoms with Gasteiger partial charge in [0.1, 0.15) is 31.7 Å². The first-order valence-corrected chi connectivity index (χ1v) is 10.3. The molecule has 3 heterocycles. The summed E-state index contributed by atoms with van der Waals surface area (Å²) in [4.78, 5) is 13.5. The van der Waals surface area contributed by atoms with E-state index in [4.69, 9.17) is 0 Å². The van der Waals surface area contributed by atoms with Gasteiger partial charge in [-0.25, -0.2) is 4.79 Å². The Labute approximate surface area is 164 Å². The zero-order valence-corrected chi connectivity index (χ0v) is 17.1. The third-order valence-corrected chi connectivity index (χ3v) is 6.89. The van der Waals surface area contributed by atoms with Gasteiger partial charge < -0.3 is 4.48 Å². The van der Waals surface area contributed by atoms with E-state index in [-0.39, 0.29) is 0 Å². The lowest BCUT2D eigenvalue weighted by molar-refractivity contribution is -1.03. The van der Waals surface area contributed by atoms with Crippen LogP contribution in [0, 0.1) is 0 Å². The number of benzene rings is 2. The normalized spacial score (nSPS) is 30.3. The van der Waals surface area contributed by atoms with Crippen LogP contribution < -0.4 is 4.90 Å². The van der Waals surface area contributed by atoms with E-state index in [0.717, 1.165) is 41.4 Å². The summed E-state index contributed by atoms with van der Waals surface area (Å²) < 4.78 is 2.16. The number of nitrogens with zero attached hydrogens (tertiary/aromatic N) is 1. The molecule has 0 aromatic heterocycles. The van der Waals surface area contributed by atoms with E-state index in [9.17, 15) is 4.79 Å². The molecule has 1 N–H and O–H groups in total. The van der Waals surface area contributed by atoms with E-state index >= 15 is 0 Å². The molecule has 0 aliphatic carbocycles. The molecule has 4 unspecified atom stereocenters. The molecule has 1 amide bonds. The molecule has 136 valence electrons. The Kier molecular flexibility index (Phi) is 4.76. The summed E-state index contributed by atoms with van der Waals surface area (Å²) in [6, 6.07) is 18.3. The van der Waals surface area contributed by atoms with Gasteiger partial charge in [0, 0.05) is 22.9 Å². The summed E-state index contributed by atoms with van der Waals surface area (Å²) in [6.07, 6.45) is 2.06. The van der Waals surface area contributed by atoms with Crippen LogP contribution in [0.15, 0.2) is 53.0 Å². The number of carbonyl (C=O) groups is 1. The Bertz CT molecular complexity index is 836. The molecule has 2 aromatic rings. The van der Waals surface area contributed by atoms with Crippen molar-refractivity contribution in [2.75, 3.05) is 20.1 Å². The number of fused-ring (bicyclic) bond motifs is 2. The van der Waals surface area contributed by atoms with Crippen LogP contribution in [0.5, 0.6) is 0 Å². The molecule has 26 heavy (non-hydrogen) atoms. The van der Waals surface area contributed by atoms with Crippen LogP contribution in [-0.4, -0.2) is 42.6 Å². The van der Waals surface area contributed by atoms with Gasteiger partial charge >= 0.3 is 5.91 Å². The molecule has 2 aromatic carbocycles. The maximum Gasteiger partial charge on any atom is 0.309 e. The summed E-state index contributed by atoms with van der Waals surface area (Å²) in [5.41, 5.74) is 4.28. The number of carbonyl (C=O) groups excluding carboxylic acids is 1. The predicted molar refractivity (Wildman–Crippen MR) is 107 cm³/mol. The monoisotopic (exact) mass is 414 g/mol. The van der Waals surface area contributed by atoms with Gasteiger partial charge in [-0.3, -0.25) is 4.90 Å². The van der Waals surface area contributed by atoms with Gasteiger partial charge in [-0.15, -0.1) is 0 Å². The fourth-order valence-corrected chi connectivity index (χ4v) is 5.48. The first-order valence-electron chi connectivity index (χ1n) is 9.47. The van der Waals surface area contributed by atoms with Crippen molar-refractivity contribution in [3.63, 3.8) is 0 Å². The lowest BCUT2D eigenvalue weighted by Crippen LogP contribution is -3.22. The number of quaternary nitrogens is 2. The molecule has 1 saturated heterocycles. The molecule has 0 saturated carbocycles. The van der Waals surface area contributed by atoms with Gasteiger partial charge in [-0.2, -0.15) is 0 Å². The third-order valence-electron chi connectivity index (χ3n) is 6.39. The molecule has 4 atom stereocenters. The fraction of sp³-hybridized carbons (Fsp3) is 0.409. The minimum Gasteiger partial charge on any atom is -0.310 e. The van der Waals surface area contributed by atoms with Crippen molar-refractivity contribution in [1.29, 1.82) is 0 Å². The van der Waals surface area contributed by atoms with Gasteiger partial charge in [0.15, 0.2) is 0 Å². The molecule has 0 spiro atoms. The van der Waals surface area contributed by atoms with Crippen LogP contribution in [0.1, 0.15) is 23.6 Å². The topological polar surface area (TPSA) is 21.5 Å². The number of amides is 1. The summed E-state index contributed by atoms with van der Waals surface area (Å²) in [6.45, 7) is 4.78. The van der Waals surface area contributed by atoms with Crippen molar-refractivity contribution >= 4 is 21.8 Å². The molecule has 5 rings (SSSR count).